The van der Waals surface area contributed by atoms with Crippen molar-refractivity contribution in [2.24, 2.45) is 0 Å². The van der Waals surface area contributed by atoms with Crippen LogP contribution in [0.15, 0.2) is 53.4 Å². The van der Waals surface area contributed by atoms with Crippen LogP contribution in [0.2, 0.25) is 0 Å². The van der Waals surface area contributed by atoms with Gasteiger partial charge in [0.2, 0.25) is 10.0 Å². The fourth-order valence-electron chi connectivity index (χ4n) is 3.79. The number of hydrogen-bond donors (Lipinski definition) is 1. The number of benzene rings is 2. The predicted molar refractivity (Wildman–Crippen MR) is 120 cm³/mol. The number of anilines is 1. The van der Waals surface area contributed by atoms with Gasteiger partial charge in [-0.25, -0.2) is 8.42 Å². The van der Waals surface area contributed by atoms with Gasteiger partial charge in [-0.3, -0.25) is 4.79 Å². The zero-order valence-electron chi connectivity index (χ0n) is 18.0. The van der Waals surface area contributed by atoms with Gasteiger partial charge in [0.25, 0.3) is 5.91 Å². The first-order valence-electron chi connectivity index (χ1n) is 10.4. The highest BCUT2D eigenvalue weighted by Gasteiger charge is 2.33. The van der Waals surface area contributed by atoms with Crippen molar-refractivity contribution in [1.29, 1.82) is 0 Å². The van der Waals surface area contributed by atoms with Crippen LogP contribution in [0, 0.1) is 6.92 Å². The molecule has 1 unspecified atom stereocenters. The molecule has 1 saturated heterocycles. The van der Waals surface area contributed by atoms with Crippen molar-refractivity contribution < 1.29 is 13.2 Å². The Balaban J connectivity index is 1.61. The Hall–Kier alpha value is -2.38. The molecule has 1 N–H and O–H groups in total. The van der Waals surface area contributed by atoms with Gasteiger partial charge >= 0.3 is 0 Å². The van der Waals surface area contributed by atoms with Gasteiger partial charge in [0.15, 0.2) is 0 Å². The molecule has 1 aliphatic heterocycles. The van der Waals surface area contributed by atoms with Crippen LogP contribution in [-0.4, -0.2) is 51.9 Å². The summed E-state index contributed by atoms with van der Waals surface area (Å²) in [6.07, 6.45) is 3.29. The van der Waals surface area contributed by atoms with E-state index >= 15 is 0 Å². The first-order chi connectivity index (χ1) is 14.3. The van der Waals surface area contributed by atoms with E-state index in [0.717, 1.165) is 30.5 Å². The Labute approximate surface area is 179 Å². The zero-order valence-corrected chi connectivity index (χ0v) is 18.8. The van der Waals surface area contributed by atoms with Crippen molar-refractivity contribution in [3.8, 4) is 0 Å². The zero-order chi connectivity index (χ0) is 21.7. The molecule has 0 bridgehead atoms. The summed E-state index contributed by atoms with van der Waals surface area (Å²) in [5, 5.41) is 2.94. The lowest BCUT2D eigenvalue weighted by atomic mass is 10.0. The molecule has 2 aromatic carbocycles. The Bertz CT molecular complexity index is 954. The average molecular weight is 430 g/mol. The number of nitrogens with zero attached hydrogens (tertiary/aromatic N) is 2. The molecule has 0 aromatic heterocycles. The van der Waals surface area contributed by atoms with Gasteiger partial charge in [-0.15, -0.1) is 0 Å². The highest BCUT2D eigenvalue weighted by atomic mass is 32.2. The van der Waals surface area contributed by atoms with Crippen molar-refractivity contribution in [3.05, 3.63) is 59.7 Å². The number of carbonyl (C=O) groups is 1. The molecule has 1 aliphatic rings. The fraction of sp³-hybridized carbons (Fsp3) is 0.435. The number of rotatable bonds is 7. The number of piperidine rings is 1. The van der Waals surface area contributed by atoms with Crippen LogP contribution >= 0.6 is 0 Å². The summed E-state index contributed by atoms with van der Waals surface area (Å²) in [4.78, 5) is 14.8. The van der Waals surface area contributed by atoms with E-state index in [1.165, 1.54) is 0 Å². The summed E-state index contributed by atoms with van der Waals surface area (Å²) in [6, 6.07) is 14.3. The van der Waals surface area contributed by atoms with Crippen LogP contribution in [-0.2, 0) is 10.0 Å². The normalized spacial score (nSPS) is 17.5. The lowest BCUT2D eigenvalue weighted by Gasteiger charge is -2.34. The number of amides is 1. The predicted octanol–water partition coefficient (Wildman–Crippen LogP) is 3.42. The van der Waals surface area contributed by atoms with Crippen molar-refractivity contribution in [2.45, 2.75) is 43.5 Å². The Morgan fingerprint density at radius 2 is 1.73 bits per heavy atom. The summed E-state index contributed by atoms with van der Waals surface area (Å²) in [5.41, 5.74) is 2.67. The van der Waals surface area contributed by atoms with Gasteiger partial charge < -0.3 is 10.2 Å². The number of aryl methyl sites for hydroxylation is 1. The third-order valence-electron chi connectivity index (χ3n) is 5.61. The van der Waals surface area contributed by atoms with Gasteiger partial charge in [0.1, 0.15) is 0 Å². The first-order valence-corrected chi connectivity index (χ1v) is 11.9. The molecule has 30 heavy (non-hydrogen) atoms. The van der Waals surface area contributed by atoms with Gasteiger partial charge in [-0.2, -0.15) is 4.31 Å². The van der Waals surface area contributed by atoms with Gasteiger partial charge in [-0.1, -0.05) is 24.1 Å². The second-order valence-corrected chi connectivity index (χ2v) is 9.95. The van der Waals surface area contributed by atoms with Gasteiger partial charge in [0.05, 0.1) is 4.90 Å². The van der Waals surface area contributed by atoms with Crippen molar-refractivity contribution >= 4 is 21.6 Å². The molecule has 1 atom stereocenters. The summed E-state index contributed by atoms with van der Waals surface area (Å²) >= 11 is 0. The number of carbonyl (C=O) groups excluding carboxylic acids is 1. The lowest BCUT2D eigenvalue weighted by Crippen LogP contribution is -2.45. The molecule has 162 valence electrons. The molecule has 7 heteroatoms. The van der Waals surface area contributed by atoms with Crippen molar-refractivity contribution in [2.75, 3.05) is 32.1 Å². The smallest absolute Gasteiger partial charge is 0.251 e. The molecule has 0 spiro atoms. The molecule has 1 heterocycles. The van der Waals surface area contributed by atoms with E-state index in [9.17, 15) is 13.2 Å². The second-order valence-electron chi connectivity index (χ2n) is 8.06. The number of nitrogens with one attached hydrogen (secondary N) is 1. The van der Waals surface area contributed by atoms with Crippen LogP contribution in [0.3, 0.4) is 0 Å². The second kappa shape index (κ2) is 9.62. The minimum Gasteiger partial charge on any atom is -0.378 e. The quantitative estimate of drug-likeness (QED) is 0.732. The largest absolute Gasteiger partial charge is 0.378 e. The van der Waals surface area contributed by atoms with E-state index in [2.05, 4.69) is 5.32 Å². The maximum absolute atomic E-state index is 13.1. The van der Waals surface area contributed by atoms with Crippen LogP contribution in [0.1, 0.15) is 41.6 Å². The monoisotopic (exact) mass is 429 g/mol. The summed E-state index contributed by atoms with van der Waals surface area (Å²) in [5.74, 6) is -0.135. The van der Waals surface area contributed by atoms with Crippen molar-refractivity contribution in [3.63, 3.8) is 0 Å². The standard InChI is InChI=1S/C23H31N3O3S/c1-18-7-13-22(14-8-18)30(28,29)26-17-5-4-6-21(26)15-16-24-23(27)19-9-11-20(12-10-19)25(2)3/h7-14,21H,4-6,15-17H2,1-3H3,(H,24,27). The third-order valence-corrected chi connectivity index (χ3v) is 7.58. The maximum Gasteiger partial charge on any atom is 0.251 e. The molecule has 0 saturated carbocycles. The molecule has 0 radical (unpaired) electrons. The first kappa shape index (κ1) is 22.3. The van der Waals surface area contributed by atoms with E-state index in [4.69, 9.17) is 0 Å². The van der Waals surface area contributed by atoms with E-state index in [1.807, 2.05) is 50.2 Å². The van der Waals surface area contributed by atoms with Gasteiger partial charge in [0, 0.05) is 44.5 Å². The van der Waals surface area contributed by atoms with E-state index in [-0.39, 0.29) is 11.9 Å². The van der Waals surface area contributed by atoms with E-state index < -0.39 is 10.0 Å². The SMILES string of the molecule is Cc1ccc(S(=O)(=O)N2CCCCC2CCNC(=O)c2ccc(N(C)C)cc2)cc1. The van der Waals surface area contributed by atoms with Crippen LogP contribution < -0.4 is 10.2 Å². The average Bonchev–Trinajstić information content (AvgIpc) is 2.74. The van der Waals surface area contributed by atoms with E-state index in [0.29, 0.717) is 30.0 Å². The molecular weight excluding hydrogens is 398 g/mol. The highest BCUT2D eigenvalue weighted by Crippen LogP contribution is 2.27. The van der Waals surface area contributed by atoms with Gasteiger partial charge in [-0.05, 0) is 62.6 Å². The molecule has 0 aliphatic carbocycles. The van der Waals surface area contributed by atoms with Crippen molar-refractivity contribution in [1.82, 2.24) is 9.62 Å². The topological polar surface area (TPSA) is 69.7 Å². The Morgan fingerprint density at radius 1 is 1.07 bits per heavy atom. The summed E-state index contributed by atoms with van der Waals surface area (Å²) in [7, 11) is 0.380. The fourth-order valence-corrected chi connectivity index (χ4v) is 5.51. The van der Waals surface area contributed by atoms with Crippen LogP contribution in [0.4, 0.5) is 5.69 Å². The molecule has 2 aromatic rings. The molecule has 1 fully saturated rings. The summed E-state index contributed by atoms with van der Waals surface area (Å²) < 4.78 is 27.9. The highest BCUT2D eigenvalue weighted by molar-refractivity contribution is 7.89. The molecular formula is C23H31N3O3S. The van der Waals surface area contributed by atoms with Crippen LogP contribution in [0.25, 0.3) is 0 Å². The molecule has 1 amide bonds. The Morgan fingerprint density at radius 3 is 2.37 bits per heavy atom. The lowest BCUT2D eigenvalue weighted by molar-refractivity contribution is 0.0949. The molecule has 6 nitrogen and oxygen atoms in total. The molecule has 3 rings (SSSR count). The third kappa shape index (κ3) is 5.21. The minimum absolute atomic E-state index is 0.0959. The number of sulfonamides is 1. The maximum atomic E-state index is 13.1. The van der Waals surface area contributed by atoms with E-state index in [1.54, 1.807) is 28.6 Å². The Kier molecular flexibility index (Phi) is 7.15. The summed E-state index contributed by atoms with van der Waals surface area (Å²) in [6.45, 7) is 2.91. The number of hydrogen-bond acceptors (Lipinski definition) is 4. The van der Waals surface area contributed by atoms with Crippen LogP contribution in [0.5, 0.6) is 0 Å². The minimum atomic E-state index is -3.53.